The van der Waals surface area contributed by atoms with Gasteiger partial charge in [-0.3, -0.25) is 4.79 Å². The summed E-state index contributed by atoms with van der Waals surface area (Å²) in [5.41, 5.74) is 3.08. The van der Waals surface area contributed by atoms with Crippen LogP contribution in [0.1, 0.15) is 34.5 Å². The van der Waals surface area contributed by atoms with Crippen LogP contribution in [0, 0.1) is 12.7 Å². The van der Waals surface area contributed by atoms with Crippen LogP contribution in [-0.4, -0.2) is 34.9 Å². The maximum Gasteiger partial charge on any atom is 0.258 e. The maximum atomic E-state index is 14.6. The number of benzene rings is 2. The van der Waals surface area contributed by atoms with E-state index in [4.69, 9.17) is 9.47 Å². The molecule has 7 heteroatoms. The van der Waals surface area contributed by atoms with E-state index < -0.39 is 11.7 Å². The molecule has 1 amide bonds. The number of aliphatic hydroxyl groups is 1. The van der Waals surface area contributed by atoms with E-state index in [1.807, 2.05) is 30.7 Å². The average Bonchev–Trinajstić information content (AvgIpc) is 3.36. The predicted molar refractivity (Wildman–Crippen MR) is 112 cm³/mol. The third kappa shape index (κ3) is 3.91. The van der Waals surface area contributed by atoms with Gasteiger partial charge in [0.05, 0.1) is 23.8 Å². The van der Waals surface area contributed by atoms with Crippen LogP contribution in [0.5, 0.6) is 5.75 Å². The van der Waals surface area contributed by atoms with Crippen molar-refractivity contribution in [1.29, 1.82) is 0 Å². The summed E-state index contributed by atoms with van der Waals surface area (Å²) in [7, 11) is 1.86. The van der Waals surface area contributed by atoms with Crippen molar-refractivity contribution in [2.24, 2.45) is 7.05 Å². The first kappa shape index (κ1) is 20.4. The number of aromatic nitrogens is 1. The molecule has 1 fully saturated rings. The molecule has 0 spiro atoms. The minimum atomic E-state index is -0.641. The Hall–Kier alpha value is -2.90. The molecule has 6 nitrogen and oxygen atoms in total. The Morgan fingerprint density at radius 1 is 1.33 bits per heavy atom. The zero-order valence-corrected chi connectivity index (χ0v) is 17.1. The Morgan fingerprint density at radius 2 is 2.17 bits per heavy atom. The highest BCUT2D eigenvalue weighted by Crippen LogP contribution is 2.29. The van der Waals surface area contributed by atoms with Crippen molar-refractivity contribution in [2.75, 3.05) is 18.5 Å². The molecule has 30 heavy (non-hydrogen) atoms. The molecule has 0 saturated carbocycles. The Labute approximate surface area is 174 Å². The Balaban J connectivity index is 1.50. The Bertz CT molecular complexity index is 1090. The standard InChI is InChI=1S/C23H25FN2O4/c1-14-21(8-5-15-10-16(12-27)26(2)22(14)15)25-23(28)19-7-6-17(11-20(19)24)30-13-18-4-3-9-29-18/h5-8,10-11,18,27H,3-4,9,12-13H2,1-2H3,(H,25,28)/t18-/m0/s1. The maximum absolute atomic E-state index is 14.6. The van der Waals surface area contributed by atoms with E-state index in [1.54, 1.807) is 12.1 Å². The van der Waals surface area contributed by atoms with Gasteiger partial charge >= 0.3 is 0 Å². The van der Waals surface area contributed by atoms with Crippen LogP contribution in [0.15, 0.2) is 36.4 Å². The minimum Gasteiger partial charge on any atom is -0.491 e. The van der Waals surface area contributed by atoms with E-state index in [0.717, 1.165) is 41.6 Å². The van der Waals surface area contributed by atoms with E-state index in [0.29, 0.717) is 18.0 Å². The number of carbonyl (C=O) groups excluding carboxylic acids is 1. The first-order valence-electron chi connectivity index (χ1n) is 10.0. The SMILES string of the molecule is Cc1c(NC(=O)c2ccc(OC[C@@H]3CCCO3)cc2F)ccc2cc(CO)n(C)c12. The molecule has 1 aromatic heterocycles. The van der Waals surface area contributed by atoms with Crippen LogP contribution < -0.4 is 10.1 Å². The number of hydrogen-bond acceptors (Lipinski definition) is 4. The second-order valence-electron chi connectivity index (χ2n) is 7.57. The number of fused-ring (bicyclic) bond motifs is 1. The summed E-state index contributed by atoms with van der Waals surface area (Å²) in [6, 6.07) is 9.81. The van der Waals surface area contributed by atoms with Crippen molar-refractivity contribution in [3.05, 3.63) is 59.0 Å². The number of rotatable bonds is 6. The molecule has 0 aliphatic carbocycles. The van der Waals surface area contributed by atoms with E-state index in [2.05, 4.69) is 5.32 Å². The molecule has 3 aromatic rings. The van der Waals surface area contributed by atoms with Gasteiger partial charge in [0.15, 0.2) is 0 Å². The molecule has 0 bridgehead atoms. The van der Waals surface area contributed by atoms with E-state index in [1.165, 1.54) is 12.1 Å². The van der Waals surface area contributed by atoms with Crippen molar-refractivity contribution in [3.63, 3.8) is 0 Å². The molecule has 2 N–H and O–H groups in total. The fourth-order valence-corrected chi connectivity index (χ4v) is 3.91. The van der Waals surface area contributed by atoms with Crippen LogP contribution in [0.4, 0.5) is 10.1 Å². The van der Waals surface area contributed by atoms with Gasteiger partial charge in [0.1, 0.15) is 18.2 Å². The average molecular weight is 412 g/mol. The van der Waals surface area contributed by atoms with Crippen molar-refractivity contribution >= 4 is 22.5 Å². The Morgan fingerprint density at radius 3 is 2.87 bits per heavy atom. The topological polar surface area (TPSA) is 72.7 Å². The van der Waals surface area contributed by atoms with Gasteiger partial charge in [0.25, 0.3) is 5.91 Å². The van der Waals surface area contributed by atoms with Gasteiger partial charge in [-0.05, 0) is 49.6 Å². The quantitative estimate of drug-likeness (QED) is 0.644. The molecule has 0 unspecified atom stereocenters. The molecule has 2 heterocycles. The molecule has 1 aliphatic heterocycles. The van der Waals surface area contributed by atoms with Crippen LogP contribution in [0.3, 0.4) is 0 Å². The van der Waals surface area contributed by atoms with Crippen molar-refractivity contribution in [1.82, 2.24) is 4.57 Å². The largest absolute Gasteiger partial charge is 0.491 e. The number of ether oxygens (including phenoxy) is 2. The summed E-state index contributed by atoms with van der Waals surface area (Å²) >= 11 is 0. The van der Waals surface area contributed by atoms with Crippen LogP contribution >= 0.6 is 0 Å². The lowest BCUT2D eigenvalue weighted by Gasteiger charge is -2.13. The molecule has 4 rings (SSSR count). The number of halogens is 1. The number of aliphatic hydroxyl groups excluding tert-OH is 1. The van der Waals surface area contributed by atoms with Gasteiger partial charge < -0.3 is 24.5 Å². The van der Waals surface area contributed by atoms with Crippen molar-refractivity contribution in [2.45, 2.75) is 32.5 Å². The lowest BCUT2D eigenvalue weighted by molar-refractivity contribution is 0.0678. The summed E-state index contributed by atoms with van der Waals surface area (Å²) < 4.78 is 27.5. The van der Waals surface area contributed by atoms with E-state index >= 15 is 0 Å². The summed E-state index contributed by atoms with van der Waals surface area (Å²) in [6.45, 7) is 2.92. The lowest BCUT2D eigenvalue weighted by atomic mass is 10.1. The van der Waals surface area contributed by atoms with Gasteiger partial charge in [0, 0.05) is 36.5 Å². The Kier molecular flexibility index (Phi) is 5.74. The third-order valence-electron chi connectivity index (χ3n) is 5.61. The normalized spacial score (nSPS) is 16.2. The summed E-state index contributed by atoms with van der Waals surface area (Å²) in [6.07, 6.45) is 1.99. The first-order chi connectivity index (χ1) is 14.5. The number of carbonyl (C=O) groups is 1. The molecule has 1 saturated heterocycles. The smallest absolute Gasteiger partial charge is 0.258 e. The molecule has 2 aromatic carbocycles. The predicted octanol–water partition coefficient (Wildman–Crippen LogP) is 3.93. The molecule has 0 radical (unpaired) electrons. The second-order valence-corrected chi connectivity index (χ2v) is 7.57. The zero-order chi connectivity index (χ0) is 21.3. The first-order valence-corrected chi connectivity index (χ1v) is 10.0. The number of amides is 1. The number of hydrogen-bond donors (Lipinski definition) is 2. The van der Waals surface area contributed by atoms with Gasteiger partial charge in [-0.25, -0.2) is 4.39 Å². The van der Waals surface area contributed by atoms with Crippen molar-refractivity contribution in [3.8, 4) is 5.75 Å². The highest BCUT2D eigenvalue weighted by atomic mass is 19.1. The third-order valence-corrected chi connectivity index (χ3v) is 5.61. The molecule has 1 aliphatic rings. The number of aryl methyl sites for hydroxylation is 2. The fraction of sp³-hybridized carbons (Fsp3) is 0.348. The van der Waals surface area contributed by atoms with Gasteiger partial charge in [-0.1, -0.05) is 6.07 Å². The fourth-order valence-electron chi connectivity index (χ4n) is 3.91. The van der Waals surface area contributed by atoms with Crippen molar-refractivity contribution < 1.29 is 23.8 Å². The van der Waals surface area contributed by atoms with Crippen LogP contribution in [-0.2, 0) is 18.4 Å². The monoisotopic (exact) mass is 412 g/mol. The van der Waals surface area contributed by atoms with Crippen LogP contribution in [0.25, 0.3) is 10.9 Å². The van der Waals surface area contributed by atoms with E-state index in [9.17, 15) is 14.3 Å². The van der Waals surface area contributed by atoms with Gasteiger partial charge in [-0.2, -0.15) is 0 Å². The molecule has 1 atom stereocenters. The number of nitrogens with zero attached hydrogens (tertiary/aromatic N) is 1. The second kappa shape index (κ2) is 8.45. The molecular weight excluding hydrogens is 387 g/mol. The number of anilines is 1. The molecule has 158 valence electrons. The lowest BCUT2D eigenvalue weighted by Crippen LogP contribution is -2.17. The van der Waals surface area contributed by atoms with Gasteiger partial charge in [-0.15, -0.1) is 0 Å². The van der Waals surface area contributed by atoms with Gasteiger partial charge in [0.2, 0.25) is 0 Å². The summed E-state index contributed by atoms with van der Waals surface area (Å²) in [4.78, 5) is 12.7. The molecular formula is C23H25FN2O4. The highest BCUT2D eigenvalue weighted by Gasteiger charge is 2.18. The number of nitrogens with one attached hydrogen (secondary N) is 1. The minimum absolute atomic E-state index is 0.0396. The highest BCUT2D eigenvalue weighted by molar-refractivity contribution is 6.06. The summed E-state index contributed by atoms with van der Waals surface area (Å²) in [5, 5.41) is 13.2. The van der Waals surface area contributed by atoms with E-state index in [-0.39, 0.29) is 18.3 Å². The van der Waals surface area contributed by atoms with Crippen LogP contribution in [0.2, 0.25) is 0 Å². The zero-order valence-electron chi connectivity index (χ0n) is 17.1. The summed E-state index contributed by atoms with van der Waals surface area (Å²) in [5.74, 6) is -0.799.